The van der Waals surface area contributed by atoms with E-state index in [4.69, 9.17) is 22.0 Å². The van der Waals surface area contributed by atoms with E-state index >= 15 is 0 Å². The number of carbonyl (C=O) groups is 1. The summed E-state index contributed by atoms with van der Waals surface area (Å²) in [6.07, 6.45) is 2.15. The molecule has 0 saturated carbocycles. The molecule has 2 N–H and O–H groups in total. The molecule has 22 heavy (non-hydrogen) atoms. The molecule has 0 saturated heterocycles. The largest absolute Gasteiger partial charge is 0.396 e. The third-order valence-corrected chi connectivity index (χ3v) is 4.28. The first kappa shape index (κ1) is 16.2. The van der Waals surface area contributed by atoms with Gasteiger partial charge in [0.25, 0.3) is 0 Å². The Morgan fingerprint density at radius 1 is 1.59 bits per heavy atom. The molecule has 114 valence electrons. The van der Waals surface area contributed by atoms with Crippen LogP contribution in [0.25, 0.3) is 0 Å². The van der Waals surface area contributed by atoms with Gasteiger partial charge in [0, 0.05) is 36.8 Å². The van der Waals surface area contributed by atoms with Crippen LogP contribution < -0.4 is 10.2 Å². The number of halogens is 1. The number of nitrogens with zero attached hydrogens (tertiary/aromatic N) is 3. The van der Waals surface area contributed by atoms with Crippen molar-refractivity contribution in [3.05, 3.63) is 39.9 Å². The van der Waals surface area contributed by atoms with Crippen molar-refractivity contribution in [3.8, 4) is 6.07 Å². The van der Waals surface area contributed by atoms with Crippen molar-refractivity contribution in [2.45, 2.75) is 6.42 Å². The van der Waals surface area contributed by atoms with Crippen LogP contribution in [0, 0.1) is 11.3 Å². The van der Waals surface area contributed by atoms with Crippen LogP contribution in [0.4, 0.5) is 15.6 Å². The van der Waals surface area contributed by atoms with Crippen LogP contribution in [-0.2, 0) is 6.42 Å². The van der Waals surface area contributed by atoms with Crippen molar-refractivity contribution in [2.75, 3.05) is 23.9 Å². The second-order valence-corrected chi connectivity index (χ2v) is 5.88. The molecule has 0 spiro atoms. The maximum atomic E-state index is 12.2. The maximum Gasteiger partial charge on any atom is 0.327 e. The minimum atomic E-state index is -0.370. The van der Waals surface area contributed by atoms with Gasteiger partial charge in [-0.15, -0.1) is 11.3 Å². The van der Waals surface area contributed by atoms with Gasteiger partial charge in [0.2, 0.25) is 0 Å². The average Bonchev–Trinajstić information content (AvgIpc) is 2.95. The quantitative estimate of drug-likeness (QED) is 0.898. The smallest absolute Gasteiger partial charge is 0.327 e. The second kappa shape index (κ2) is 7.22. The maximum absolute atomic E-state index is 12.2. The molecule has 1 heterocycles. The van der Waals surface area contributed by atoms with Crippen LogP contribution in [0.2, 0.25) is 5.02 Å². The van der Waals surface area contributed by atoms with Gasteiger partial charge in [0.1, 0.15) is 6.07 Å². The van der Waals surface area contributed by atoms with Gasteiger partial charge < -0.3 is 10.4 Å². The first-order chi connectivity index (χ1) is 10.5. The summed E-state index contributed by atoms with van der Waals surface area (Å²) in [6, 6.07) is 6.25. The molecule has 2 rings (SSSR count). The number of urea groups is 1. The normalized spacial score (nSPS) is 10.1. The fraction of sp³-hybridized carbons (Fsp3) is 0.214. The molecule has 0 aliphatic carbocycles. The molecule has 2 amide bonds. The second-order valence-electron chi connectivity index (χ2n) is 4.38. The SMILES string of the molecule is CN(C(=O)Nc1ccc(C#N)c(Cl)c1)c1ncc(CCO)s1. The number of thiazole rings is 1. The summed E-state index contributed by atoms with van der Waals surface area (Å²) in [7, 11) is 1.60. The highest BCUT2D eigenvalue weighted by Crippen LogP contribution is 2.24. The minimum absolute atomic E-state index is 0.0429. The molecule has 0 aliphatic heterocycles. The van der Waals surface area contributed by atoms with Gasteiger partial charge in [-0.2, -0.15) is 5.26 Å². The van der Waals surface area contributed by atoms with Gasteiger partial charge in [0.15, 0.2) is 5.13 Å². The van der Waals surface area contributed by atoms with E-state index < -0.39 is 0 Å². The zero-order valence-electron chi connectivity index (χ0n) is 11.7. The summed E-state index contributed by atoms with van der Waals surface area (Å²) in [6.45, 7) is 0.0429. The van der Waals surface area contributed by atoms with Crippen molar-refractivity contribution in [1.29, 1.82) is 5.26 Å². The number of aromatic nitrogens is 1. The predicted octanol–water partition coefficient (Wildman–Crippen LogP) is 2.87. The van der Waals surface area contributed by atoms with Crippen LogP contribution in [0.3, 0.4) is 0 Å². The topological polar surface area (TPSA) is 89.3 Å². The molecule has 1 aromatic carbocycles. The van der Waals surface area contributed by atoms with E-state index in [-0.39, 0.29) is 17.7 Å². The fourth-order valence-electron chi connectivity index (χ4n) is 1.66. The molecule has 0 fully saturated rings. The number of carbonyl (C=O) groups excluding carboxylic acids is 1. The lowest BCUT2D eigenvalue weighted by Gasteiger charge is -2.15. The van der Waals surface area contributed by atoms with Crippen molar-refractivity contribution in [1.82, 2.24) is 4.98 Å². The Morgan fingerprint density at radius 3 is 3.00 bits per heavy atom. The number of hydrogen-bond donors (Lipinski definition) is 2. The van der Waals surface area contributed by atoms with E-state index in [1.807, 2.05) is 6.07 Å². The van der Waals surface area contributed by atoms with E-state index in [9.17, 15) is 4.79 Å². The summed E-state index contributed by atoms with van der Waals surface area (Å²) >= 11 is 7.26. The standard InChI is InChI=1S/C14H13ClN4O2S/c1-19(14-17-8-11(22-14)4-5-20)13(21)18-10-3-2-9(7-16)12(15)6-10/h2-3,6,8,20H,4-5H2,1H3,(H,18,21). The number of amides is 2. The Labute approximate surface area is 136 Å². The monoisotopic (exact) mass is 336 g/mol. The number of nitrogens with one attached hydrogen (secondary N) is 1. The summed E-state index contributed by atoms with van der Waals surface area (Å²) in [5.41, 5.74) is 0.842. The number of rotatable bonds is 4. The summed E-state index contributed by atoms with van der Waals surface area (Å²) in [4.78, 5) is 18.6. The van der Waals surface area contributed by atoms with Gasteiger partial charge in [0.05, 0.1) is 10.6 Å². The van der Waals surface area contributed by atoms with E-state index in [2.05, 4.69) is 10.3 Å². The van der Waals surface area contributed by atoms with Crippen molar-refractivity contribution < 1.29 is 9.90 Å². The molecule has 0 atom stereocenters. The molecule has 0 bridgehead atoms. The predicted molar refractivity (Wildman–Crippen MR) is 86.5 cm³/mol. The highest BCUT2D eigenvalue weighted by atomic mass is 35.5. The Kier molecular flexibility index (Phi) is 5.33. The van der Waals surface area contributed by atoms with Gasteiger partial charge in [-0.3, -0.25) is 4.90 Å². The van der Waals surface area contributed by atoms with Crippen LogP contribution in [-0.4, -0.2) is 29.8 Å². The average molecular weight is 337 g/mol. The lowest BCUT2D eigenvalue weighted by atomic mass is 10.2. The van der Waals surface area contributed by atoms with Crippen molar-refractivity contribution >= 4 is 39.8 Å². The van der Waals surface area contributed by atoms with Crippen LogP contribution in [0.15, 0.2) is 24.4 Å². The van der Waals surface area contributed by atoms with Crippen molar-refractivity contribution in [2.24, 2.45) is 0 Å². The number of hydrogen-bond acceptors (Lipinski definition) is 5. The number of nitriles is 1. The van der Waals surface area contributed by atoms with E-state index in [0.717, 1.165) is 4.88 Å². The summed E-state index contributed by atoms with van der Waals surface area (Å²) in [5, 5.41) is 21.2. The molecule has 0 radical (unpaired) electrons. The van der Waals surface area contributed by atoms with Crippen LogP contribution in [0.5, 0.6) is 0 Å². The highest BCUT2D eigenvalue weighted by molar-refractivity contribution is 7.15. The third-order valence-electron chi connectivity index (χ3n) is 2.83. The molecule has 2 aromatic rings. The number of anilines is 2. The molecular formula is C14H13ClN4O2S. The summed E-state index contributed by atoms with van der Waals surface area (Å²) < 4.78 is 0. The lowest BCUT2D eigenvalue weighted by Crippen LogP contribution is -2.31. The summed E-state index contributed by atoms with van der Waals surface area (Å²) in [5.74, 6) is 0. The Bertz CT molecular complexity index is 726. The van der Waals surface area contributed by atoms with Gasteiger partial charge in [-0.1, -0.05) is 11.6 Å². The van der Waals surface area contributed by atoms with Gasteiger partial charge in [-0.05, 0) is 18.2 Å². The number of aliphatic hydroxyl groups excluding tert-OH is 1. The molecule has 8 heteroatoms. The molecular weight excluding hydrogens is 324 g/mol. The van der Waals surface area contributed by atoms with E-state index in [1.165, 1.54) is 22.3 Å². The van der Waals surface area contributed by atoms with Gasteiger partial charge >= 0.3 is 6.03 Å². The first-order valence-electron chi connectivity index (χ1n) is 6.35. The Balaban J connectivity index is 2.07. The fourth-order valence-corrected chi connectivity index (χ4v) is 2.74. The minimum Gasteiger partial charge on any atom is -0.396 e. The number of aliphatic hydroxyl groups is 1. The van der Waals surface area contributed by atoms with Crippen LogP contribution in [0.1, 0.15) is 10.4 Å². The Morgan fingerprint density at radius 2 is 2.36 bits per heavy atom. The zero-order chi connectivity index (χ0) is 16.1. The molecule has 6 nitrogen and oxygen atoms in total. The lowest BCUT2D eigenvalue weighted by molar-refractivity contribution is 0.258. The van der Waals surface area contributed by atoms with E-state index in [0.29, 0.717) is 22.8 Å². The third kappa shape index (κ3) is 3.74. The van der Waals surface area contributed by atoms with Crippen LogP contribution >= 0.6 is 22.9 Å². The number of benzene rings is 1. The van der Waals surface area contributed by atoms with Crippen molar-refractivity contribution in [3.63, 3.8) is 0 Å². The molecule has 0 unspecified atom stereocenters. The Hall–Kier alpha value is -2.14. The highest BCUT2D eigenvalue weighted by Gasteiger charge is 2.15. The van der Waals surface area contributed by atoms with E-state index in [1.54, 1.807) is 25.4 Å². The molecule has 0 aliphatic rings. The first-order valence-corrected chi connectivity index (χ1v) is 7.54. The zero-order valence-corrected chi connectivity index (χ0v) is 13.3. The van der Waals surface area contributed by atoms with Gasteiger partial charge in [-0.25, -0.2) is 9.78 Å². The molecule has 1 aromatic heterocycles.